The molecule has 16 heavy (non-hydrogen) atoms. The third kappa shape index (κ3) is 1.69. The second-order valence-electron chi connectivity index (χ2n) is 3.44. The number of nitrogens with one attached hydrogen (secondary N) is 2. The molecule has 1 amide bonds. The molecule has 1 heterocycles. The summed E-state index contributed by atoms with van der Waals surface area (Å²) in [4.78, 5) is 26.2. The Morgan fingerprint density at radius 1 is 1.31 bits per heavy atom. The third-order valence-electron chi connectivity index (χ3n) is 2.38. The Balaban J connectivity index is 2.40. The summed E-state index contributed by atoms with van der Waals surface area (Å²) in [6, 6.07) is 7.39. The third-order valence-corrected chi connectivity index (χ3v) is 2.38. The van der Waals surface area contributed by atoms with Crippen molar-refractivity contribution < 1.29 is 9.59 Å². The first kappa shape index (κ1) is 10.4. The molecule has 2 N–H and O–H groups in total. The van der Waals surface area contributed by atoms with Crippen LogP contribution in [0.1, 0.15) is 17.3 Å². The Bertz CT molecular complexity index is 543. The number of aromatic nitrogens is 1. The van der Waals surface area contributed by atoms with Crippen molar-refractivity contribution in [3.8, 4) is 0 Å². The first-order chi connectivity index (χ1) is 7.74. The normalized spacial score (nSPS) is 10.3. The van der Waals surface area contributed by atoms with Crippen molar-refractivity contribution in [2.75, 3.05) is 6.54 Å². The van der Waals surface area contributed by atoms with Gasteiger partial charge in [0, 0.05) is 23.6 Å². The molecule has 4 nitrogen and oxygen atoms in total. The molecule has 0 fully saturated rings. The largest absolute Gasteiger partial charge is 0.360 e. The number of likely N-dealkylation sites (N-methyl/N-ethyl adjacent to an activating group) is 1. The molecule has 82 valence electrons. The van der Waals surface area contributed by atoms with Crippen molar-refractivity contribution in [3.63, 3.8) is 0 Å². The number of aromatic amines is 1. The van der Waals surface area contributed by atoms with Crippen LogP contribution in [-0.4, -0.2) is 23.2 Å². The molecular weight excluding hydrogens is 204 g/mol. The van der Waals surface area contributed by atoms with Crippen molar-refractivity contribution in [1.82, 2.24) is 10.3 Å². The van der Waals surface area contributed by atoms with Gasteiger partial charge in [-0.25, -0.2) is 0 Å². The van der Waals surface area contributed by atoms with Gasteiger partial charge in [0.1, 0.15) is 0 Å². The predicted octanol–water partition coefficient (Wildman–Crippen LogP) is 1.49. The molecule has 0 aliphatic heterocycles. The smallest absolute Gasteiger partial charge is 0.292 e. The van der Waals surface area contributed by atoms with Crippen LogP contribution in [0.25, 0.3) is 10.9 Å². The number of carbonyl (C=O) groups is 2. The summed E-state index contributed by atoms with van der Waals surface area (Å²) in [7, 11) is 0. The molecule has 0 bridgehead atoms. The highest BCUT2D eigenvalue weighted by atomic mass is 16.2. The molecule has 0 radical (unpaired) electrons. The maximum Gasteiger partial charge on any atom is 0.292 e. The van der Waals surface area contributed by atoms with Crippen molar-refractivity contribution in [3.05, 3.63) is 36.0 Å². The lowest BCUT2D eigenvalue weighted by Gasteiger charge is -1.99. The van der Waals surface area contributed by atoms with Gasteiger partial charge in [0.15, 0.2) is 0 Å². The topological polar surface area (TPSA) is 62.0 Å². The summed E-state index contributed by atoms with van der Waals surface area (Å²) in [5, 5.41) is 3.27. The van der Waals surface area contributed by atoms with Crippen LogP contribution in [0.2, 0.25) is 0 Å². The van der Waals surface area contributed by atoms with Gasteiger partial charge in [0.05, 0.1) is 5.56 Å². The van der Waals surface area contributed by atoms with E-state index < -0.39 is 11.7 Å². The SMILES string of the molecule is CCNC(=O)C(=O)c1c[nH]c2ccccc12. The molecule has 1 aromatic carbocycles. The maximum absolute atomic E-state index is 11.8. The molecule has 0 aliphatic rings. The summed E-state index contributed by atoms with van der Waals surface area (Å²) in [5.41, 5.74) is 1.27. The molecule has 0 saturated carbocycles. The number of hydrogen-bond acceptors (Lipinski definition) is 2. The number of para-hydroxylation sites is 1. The minimum absolute atomic E-state index is 0.418. The number of amides is 1. The van der Waals surface area contributed by atoms with Crippen LogP contribution >= 0.6 is 0 Å². The number of H-pyrrole nitrogens is 1. The number of carbonyl (C=O) groups excluding carboxylic acids is 2. The fraction of sp³-hybridized carbons (Fsp3) is 0.167. The summed E-state index contributed by atoms with van der Waals surface area (Å²) in [6.45, 7) is 2.23. The number of rotatable bonds is 3. The number of Topliss-reactive ketones (excluding diaryl/α,β-unsaturated/α-hetero) is 1. The number of fused-ring (bicyclic) bond motifs is 1. The van der Waals surface area contributed by atoms with E-state index in [1.807, 2.05) is 24.3 Å². The molecule has 1 aromatic heterocycles. The van der Waals surface area contributed by atoms with Gasteiger partial charge in [-0.15, -0.1) is 0 Å². The standard InChI is InChI=1S/C12H12N2O2/c1-2-13-12(16)11(15)9-7-14-10-6-4-3-5-8(9)10/h3-7,14H,2H2,1H3,(H,13,16). The highest BCUT2D eigenvalue weighted by molar-refractivity contribution is 6.44. The quantitative estimate of drug-likeness (QED) is 0.603. The Kier molecular flexibility index (Phi) is 2.72. The van der Waals surface area contributed by atoms with Gasteiger partial charge in [0.2, 0.25) is 0 Å². The van der Waals surface area contributed by atoms with E-state index in [2.05, 4.69) is 10.3 Å². The molecule has 0 spiro atoms. The van der Waals surface area contributed by atoms with Gasteiger partial charge in [-0.05, 0) is 13.0 Å². The average molecular weight is 216 g/mol. The highest BCUT2D eigenvalue weighted by Crippen LogP contribution is 2.17. The number of benzene rings is 1. The van der Waals surface area contributed by atoms with Crippen LogP contribution in [0.4, 0.5) is 0 Å². The Labute approximate surface area is 92.7 Å². The molecule has 0 saturated heterocycles. The van der Waals surface area contributed by atoms with Crippen LogP contribution in [0.15, 0.2) is 30.5 Å². The van der Waals surface area contributed by atoms with E-state index in [1.165, 1.54) is 0 Å². The Morgan fingerprint density at radius 2 is 2.06 bits per heavy atom. The van der Waals surface area contributed by atoms with Crippen LogP contribution in [-0.2, 0) is 4.79 Å². The average Bonchev–Trinajstić information content (AvgIpc) is 2.72. The lowest BCUT2D eigenvalue weighted by molar-refractivity contribution is -0.116. The van der Waals surface area contributed by atoms with Crippen LogP contribution in [0, 0.1) is 0 Å². The van der Waals surface area contributed by atoms with Crippen molar-refractivity contribution in [2.45, 2.75) is 6.92 Å². The van der Waals surface area contributed by atoms with Gasteiger partial charge in [-0.2, -0.15) is 0 Å². The zero-order valence-corrected chi connectivity index (χ0v) is 8.91. The maximum atomic E-state index is 11.8. The van der Waals surface area contributed by atoms with E-state index in [0.29, 0.717) is 12.1 Å². The number of hydrogen-bond donors (Lipinski definition) is 2. The summed E-state index contributed by atoms with van der Waals surface area (Å²) >= 11 is 0. The second-order valence-corrected chi connectivity index (χ2v) is 3.44. The van der Waals surface area contributed by atoms with Gasteiger partial charge in [-0.1, -0.05) is 18.2 Å². The van der Waals surface area contributed by atoms with Crippen molar-refractivity contribution in [1.29, 1.82) is 0 Å². The molecule has 4 heteroatoms. The molecule has 2 aromatic rings. The first-order valence-electron chi connectivity index (χ1n) is 5.12. The monoisotopic (exact) mass is 216 g/mol. The van der Waals surface area contributed by atoms with Gasteiger partial charge < -0.3 is 10.3 Å². The second kappa shape index (κ2) is 4.18. The fourth-order valence-corrected chi connectivity index (χ4v) is 1.62. The van der Waals surface area contributed by atoms with E-state index in [4.69, 9.17) is 0 Å². The Hall–Kier alpha value is -2.10. The van der Waals surface area contributed by atoms with Gasteiger partial charge in [0.25, 0.3) is 11.7 Å². The van der Waals surface area contributed by atoms with E-state index in [-0.39, 0.29) is 0 Å². The first-order valence-corrected chi connectivity index (χ1v) is 5.12. The van der Waals surface area contributed by atoms with Crippen molar-refractivity contribution in [2.24, 2.45) is 0 Å². The molecular formula is C12H12N2O2. The van der Waals surface area contributed by atoms with E-state index >= 15 is 0 Å². The molecule has 0 atom stereocenters. The summed E-state index contributed by atoms with van der Waals surface area (Å²) in [6.07, 6.45) is 1.57. The lowest BCUT2D eigenvalue weighted by Crippen LogP contribution is -2.30. The zero-order valence-electron chi connectivity index (χ0n) is 8.91. The summed E-state index contributed by atoms with van der Waals surface area (Å²) < 4.78 is 0. The summed E-state index contributed by atoms with van der Waals surface area (Å²) in [5.74, 6) is -1.06. The zero-order chi connectivity index (χ0) is 11.5. The predicted molar refractivity (Wildman–Crippen MR) is 61.3 cm³/mol. The van der Waals surface area contributed by atoms with Crippen LogP contribution in [0.5, 0.6) is 0 Å². The van der Waals surface area contributed by atoms with Crippen LogP contribution < -0.4 is 5.32 Å². The minimum atomic E-state index is -0.563. The highest BCUT2D eigenvalue weighted by Gasteiger charge is 2.18. The Morgan fingerprint density at radius 3 is 2.81 bits per heavy atom. The number of ketones is 1. The van der Waals surface area contributed by atoms with Gasteiger partial charge >= 0.3 is 0 Å². The van der Waals surface area contributed by atoms with Crippen LogP contribution in [0.3, 0.4) is 0 Å². The van der Waals surface area contributed by atoms with E-state index in [0.717, 1.165) is 10.9 Å². The molecule has 0 aliphatic carbocycles. The minimum Gasteiger partial charge on any atom is -0.360 e. The van der Waals surface area contributed by atoms with Crippen molar-refractivity contribution >= 4 is 22.6 Å². The molecule has 2 rings (SSSR count). The fourth-order valence-electron chi connectivity index (χ4n) is 1.62. The van der Waals surface area contributed by atoms with E-state index in [9.17, 15) is 9.59 Å². The van der Waals surface area contributed by atoms with Gasteiger partial charge in [-0.3, -0.25) is 9.59 Å². The van der Waals surface area contributed by atoms with E-state index in [1.54, 1.807) is 13.1 Å². The molecule has 0 unspecified atom stereocenters. The lowest BCUT2D eigenvalue weighted by atomic mass is 10.1.